The van der Waals surface area contributed by atoms with Gasteiger partial charge < -0.3 is 0 Å². The molecule has 2 aliphatic heterocycles. The van der Waals surface area contributed by atoms with Crippen molar-refractivity contribution in [2.24, 2.45) is 0 Å². The molecule has 0 saturated heterocycles. The van der Waals surface area contributed by atoms with Crippen LogP contribution in [0.1, 0.15) is 90.5 Å². The Balaban J connectivity index is 1.38. The van der Waals surface area contributed by atoms with Crippen LogP contribution in [0.3, 0.4) is 0 Å². The molecular weight excluding hydrogens is 484 g/mol. The van der Waals surface area contributed by atoms with Gasteiger partial charge in [-0.25, -0.2) is 0 Å². The van der Waals surface area contributed by atoms with E-state index in [0.29, 0.717) is 0 Å². The van der Waals surface area contributed by atoms with Gasteiger partial charge in [0.25, 0.3) is 0 Å². The Hall–Kier alpha value is -2.94. The van der Waals surface area contributed by atoms with Crippen molar-refractivity contribution >= 4 is 11.1 Å². The summed E-state index contributed by atoms with van der Waals surface area (Å²) in [5.74, 6) is 0. The van der Waals surface area contributed by atoms with E-state index in [1.165, 1.54) is 33.4 Å². The predicted octanol–water partition coefficient (Wildman–Crippen LogP) is 9.38. The van der Waals surface area contributed by atoms with Crippen molar-refractivity contribution < 1.29 is 0 Å². The fraction of sp³-hybridized carbons (Fsp3) is 0.421. The minimum Gasteiger partial charge on any atom is -0.285 e. The maximum Gasteiger partial charge on any atom is 0.0349 e. The van der Waals surface area contributed by atoms with Crippen LogP contribution in [0.4, 0.5) is 0 Å². The Bertz CT molecular complexity index is 1260. The van der Waals surface area contributed by atoms with E-state index in [-0.39, 0.29) is 22.2 Å². The quantitative estimate of drug-likeness (QED) is 0.312. The smallest absolute Gasteiger partial charge is 0.0349 e. The van der Waals surface area contributed by atoms with Crippen LogP contribution in [0.15, 0.2) is 97.1 Å². The van der Waals surface area contributed by atoms with Gasteiger partial charge in [0.15, 0.2) is 0 Å². The summed E-state index contributed by atoms with van der Waals surface area (Å²) in [5, 5.41) is 0. The Morgan fingerprint density at radius 1 is 0.475 bits per heavy atom. The largest absolute Gasteiger partial charge is 0.285 e. The average molecular weight is 533 g/mol. The second-order valence-corrected chi connectivity index (χ2v) is 14.3. The van der Waals surface area contributed by atoms with Crippen molar-refractivity contribution in [2.45, 2.75) is 103 Å². The minimum atomic E-state index is -0.0340. The van der Waals surface area contributed by atoms with Crippen LogP contribution in [-0.4, -0.2) is 32.0 Å². The topological polar surface area (TPSA) is 6.48 Å². The molecule has 0 aromatic heterocycles. The zero-order chi connectivity index (χ0) is 28.8. The van der Waals surface area contributed by atoms with Gasteiger partial charge >= 0.3 is 0 Å². The van der Waals surface area contributed by atoms with Crippen LogP contribution in [0.25, 0.3) is 11.1 Å². The maximum absolute atomic E-state index is 2.66. The minimum absolute atomic E-state index is 0.0340. The highest BCUT2D eigenvalue weighted by Gasteiger charge is 2.42. The molecule has 2 aliphatic rings. The van der Waals surface area contributed by atoms with Crippen LogP contribution < -0.4 is 0 Å². The zero-order valence-electron chi connectivity index (χ0n) is 26.0. The molecule has 0 spiro atoms. The van der Waals surface area contributed by atoms with Crippen LogP contribution in [0, 0.1) is 0 Å². The maximum atomic E-state index is 2.66. The number of hydrogen-bond donors (Lipinski definition) is 0. The highest BCUT2D eigenvalue weighted by atomic mass is 15.3. The molecule has 3 aromatic rings. The molecule has 2 heteroatoms. The SMILES string of the molecule is CC1(C)C=C(c2ccc(C3=CC(C)(C)N(Cc4ccccc4)C(C)(C)C3)cc2)CC(C)(C)N1Cc1ccccc1. The van der Waals surface area contributed by atoms with Crippen molar-refractivity contribution in [1.82, 2.24) is 9.80 Å². The lowest BCUT2D eigenvalue weighted by atomic mass is 9.77. The lowest BCUT2D eigenvalue weighted by molar-refractivity contribution is 0.0297. The molecule has 0 unspecified atom stereocenters. The monoisotopic (exact) mass is 532 g/mol. The highest BCUT2D eigenvalue weighted by Crippen LogP contribution is 2.44. The summed E-state index contributed by atoms with van der Waals surface area (Å²) in [4.78, 5) is 5.32. The summed E-state index contributed by atoms with van der Waals surface area (Å²) < 4.78 is 0. The van der Waals surface area contributed by atoms with E-state index in [1.807, 2.05) is 0 Å². The number of rotatable bonds is 6. The van der Waals surface area contributed by atoms with E-state index in [1.54, 1.807) is 0 Å². The van der Waals surface area contributed by atoms with E-state index in [0.717, 1.165) is 25.9 Å². The summed E-state index contributed by atoms with van der Waals surface area (Å²) >= 11 is 0. The van der Waals surface area contributed by atoms with Gasteiger partial charge in [-0.1, -0.05) is 97.1 Å². The Morgan fingerprint density at radius 2 is 0.800 bits per heavy atom. The summed E-state index contributed by atoms with van der Waals surface area (Å²) in [6.45, 7) is 21.0. The number of nitrogens with zero attached hydrogens (tertiary/aromatic N) is 2. The van der Waals surface area contributed by atoms with Crippen molar-refractivity contribution in [1.29, 1.82) is 0 Å². The van der Waals surface area contributed by atoms with E-state index >= 15 is 0 Å². The first-order chi connectivity index (χ1) is 18.8. The van der Waals surface area contributed by atoms with Gasteiger partial charge in [-0.3, -0.25) is 9.80 Å². The first kappa shape index (κ1) is 28.6. The lowest BCUT2D eigenvalue weighted by Crippen LogP contribution is -2.56. The molecule has 210 valence electrons. The van der Waals surface area contributed by atoms with E-state index in [2.05, 4.69) is 162 Å². The van der Waals surface area contributed by atoms with Gasteiger partial charge in [0.05, 0.1) is 0 Å². The Kier molecular flexibility index (Phi) is 7.48. The molecule has 40 heavy (non-hydrogen) atoms. The molecule has 2 nitrogen and oxygen atoms in total. The van der Waals surface area contributed by atoms with Gasteiger partial charge in [0, 0.05) is 35.2 Å². The summed E-state index contributed by atoms with van der Waals surface area (Å²) in [6.07, 6.45) is 7.09. The normalized spacial score (nSPS) is 21.9. The molecule has 0 bridgehead atoms. The number of benzene rings is 3. The molecule has 0 amide bonds. The highest BCUT2D eigenvalue weighted by molar-refractivity contribution is 5.73. The van der Waals surface area contributed by atoms with Crippen LogP contribution in [-0.2, 0) is 13.1 Å². The molecule has 3 aromatic carbocycles. The molecule has 0 fully saturated rings. The van der Waals surface area contributed by atoms with Gasteiger partial charge in [-0.05, 0) is 102 Å². The third-order valence-electron chi connectivity index (χ3n) is 9.15. The zero-order valence-corrected chi connectivity index (χ0v) is 26.0. The molecule has 5 rings (SSSR count). The molecule has 2 heterocycles. The van der Waals surface area contributed by atoms with Crippen molar-refractivity contribution in [3.63, 3.8) is 0 Å². The Morgan fingerprint density at radius 3 is 1.10 bits per heavy atom. The fourth-order valence-corrected chi connectivity index (χ4v) is 7.43. The first-order valence-electron chi connectivity index (χ1n) is 14.9. The standard InChI is InChI=1S/C38H48N2/c1-35(2)23-33(24-36(3,4)39(35)27-29-15-11-9-12-16-29)31-19-21-32(22-20-31)34-25-37(5,6)40(38(7,8)26-34)28-30-17-13-10-14-18-30/h9-23,25H,24,26-28H2,1-8H3. The van der Waals surface area contributed by atoms with Gasteiger partial charge in [-0.2, -0.15) is 0 Å². The Labute approximate surface area is 243 Å². The summed E-state index contributed by atoms with van der Waals surface area (Å²) in [6, 6.07) is 31.2. The van der Waals surface area contributed by atoms with Gasteiger partial charge in [0.2, 0.25) is 0 Å². The molecule has 0 atom stereocenters. The van der Waals surface area contributed by atoms with Crippen LogP contribution in [0.2, 0.25) is 0 Å². The molecule has 0 radical (unpaired) electrons. The predicted molar refractivity (Wildman–Crippen MR) is 172 cm³/mol. The third-order valence-corrected chi connectivity index (χ3v) is 9.15. The first-order valence-corrected chi connectivity index (χ1v) is 14.9. The van der Waals surface area contributed by atoms with E-state index in [4.69, 9.17) is 0 Å². The van der Waals surface area contributed by atoms with Crippen molar-refractivity contribution in [3.05, 3.63) is 119 Å². The molecule has 0 N–H and O–H groups in total. The molecule has 0 aliphatic carbocycles. The summed E-state index contributed by atoms with van der Waals surface area (Å²) in [7, 11) is 0. The fourth-order valence-electron chi connectivity index (χ4n) is 7.43. The van der Waals surface area contributed by atoms with Gasteiger partial charge in [0.1, 0.15) is 0 Å². The van der Waals surface area contributed by atoms with Crippen molar-refractivity contribution in [2.75, 3.05) is 0 Å². The summed E-state index contributed by atoms with van der Waals surface area (Å²) in [5.41, 5.74) is 8.42. The molecular formula is C38H48N2. The van der Waals surface area contributed by atoms with Crippen LogP contribution in [0.5, 0.6) is 0 Å². The van der Waals surface area contributed by atoms with Crippen LogP contribution >= 0.6 is 0 Å². The second-order valence-electron chi connectivity index (χ2n) is 14.3. The number of hydrogen-bond acceptors (Lipinski definition) is 2. The van der Waals surface area contributed by atoms with Gasteiger partial charge in [-0.15, -0.1) is 0 Å². The van der Waals surface area contributed by atoms with Crippen molar-refractivity contribution in [3.8, 4) is 0 Å². The third kappa shape index (κ3) is 5.90. The average Bonchev–Trinajstić information content (AvgIpc) is 2.89. The van der Waals surface area contributed by atoms with E-state index < -0.39 is 0 Å². The lowest BCUT2D eigenvalue weighted by Gasteiger charge is -2.52. The molecule has 0 saturated carbocycles. The second kappa shape index (κ2) is 10.5. The van der Waals surface area contributed by atoms with E-state index in [9.17, 15) is 0 Å².